The number of nitrogens with one attached hydrogen (secondary N) is 3. The standard InChI is InChI=1S/C18H34N6O2/c1-7-19-16(21-10-11-22-17(25)26-18(4,5)6)20-9-8-12-24-15(3)13-14(2)23-24/h13H,7-12H2,1-6H3,(H,22,25)(H2,19,20,21). The third kappa shape index (κ3) is 9.29. The molecule has 0 spiro atoms. The van der Waals surface area contributed by atoms with Gasteiger partial charge in [-0.1, -0.05) is 0 Å². The summed E-state index contributed by atoms with van der Waals surface area (Å²) in [4.78, 5) is 16.1. The lowest BCUT2D eigenvalue weighted by Gasteiger charge is -2.19. The van der Waals surface area contributed by atoms with Crippen molar-refractivity contribution in [2.45, 2.75) is 60.1 Å². The average molecular weight is 367 g/mol. The van der Waals surface area contributed by atoms with Crippen LogP contribution in [0.2, 0.25) is 0 Å². The van der Waals surface area contributed by atoms with Crippen molar-refractivity contribution in [1.82, 2.24) is 25.7 Å². The minimum atomic E-state index is -0.487. The van der Waals surface area contributed by atoms with Crippen LogP contribution in [0, 0.1) is 13.8 Å². The molecule has 0 bridgehead atoms. The van der Waals surface area contributed by atoms with Gasteiger partial charge in [0.05, 0.1) is 5.69 Å². The van der Waals surface area contributed by atoms with Crippen LogP contribution < -0.4 is 16.0 Å². The van der Waals surface area contributed by atoms with Crippen LogP contribution in [0.5, 0.6) is 0 Å². The molecule has 0 saturated carbocycles. The van der Waals surface area contributed by atoms with Crippen LogP contribution in [-0.4, -0.2) is 53.6 Å². The summed E-state index contributed by atoms with van der Waals surface area (Å²) in [7, 11) is 0. The molecule has 8 heteroatoms. The molecule has 1 heterocycles. The number of carbonyl (C=O) groups is 1. The Morgan fingerprint density at radius 2 is 1.92 bits per heavy atom. The number of aliphatic imine (C=N–C) groups is 1. The van der Waals surface area contributed by atoms with Crippen LogP contribution in [0.3, 0.4) is 0 Å². The zero-order valence-corrected chi connectivity index (χ0v) is 17.0. The van der Waals surface area contributed by atoms with Crippen molar-refractivity contribution in [3.63, 3.8) is 0 Å². The van der Waals surface area contributed by atoms with Gasteiger partial charge in [0.15, 0.2) is 5.96 Å². The quantitative estimate of drug-likeness (QED) is 0.372. The Morgan fingerprint density at radius 3 is 2.50 bits per heavy atom. The lowest BCUT2D eigenvalue weighted by atomic mass is 10.2. The number of hydrogen-bond donors (Lipinski definition) is 3. The molecule has 26 heavy (non-hydrogen) atoms. The molecule has 0 radical (unpaired) electrons. The number of rotatable bonds is 8. The van der Waals surface area contributed by atoms with Crippen LogP contribution in [0.4, 0.5) is 4.79 Å². The second-order valence-electron chi connectivity index (χ2n) is 7.12. The Hall–Kier alpha value is -2.25. The van der Waals surface area contributed by atoms with E-state index in [-0.39, 0.29) is 0 Å². The summed E-state index contributed by atoms with van der Waals surface area (Å²) in [5.74, 6) is 0.742. The third-order valence-electron chi connectivity index (χ3n) is 3.33. The third-order valence-corrected chi connectivity index (χ3v) is 3.33. The maximum atomic E-state index is 11.6. The monoisotopic (exact) mass is 366 g/mol. The first-order valence-corrected chi connectivity index (χ1v) is 9.21. The van der Waals surface area contributed by atoms with Gasteiger partial charge in [-0.2, -0.15) is 5.10 Å². The number of aromatic nitrogens is 2. The van der Waals surface area contributed by atoms with E-state index < -0.39 is 11.7 Å². The van der Waals surface area contributed by atoms with E-state index in [4.69, 9.17) is 4.74 Å². The highest BCUT2D eigenvalue weighted by Gasteiger charge is 2.15. The van der Waals surface area contributed by atoms with Crippen molar-refractivity contribution < 1.29 is 9.53 Å². The fraction of sp³-hybridized carbons (Fsp3) is 0.722. The van der Waals surface area contributed by atoms with Gasteiger partial charge in [-0.05, 0) is 54.0 Å². The number of ether oxygens (including phenoxy) is 1. The summed E-state index contributed by atoms with van der Waals surface area (Å²) in [6.45, 7) is 15.0. The lowest BCUT2D eigenvalue weighted by Crippen LogP contribution is -2.42. The highest BCUT2D eigenvalue weighted by atomic mass is 16.6. The van der Waals surface area contributed by atoms with Crippen LogP contribution in [0.25, 0.3) is 0 Å². The first-order chi connectivity index (χ1) is 12.2. The van der Waals surface area contributed by atoms with Crippen molar-refractivity contribution in [2.24, 2.45) is 4.99 Å². The number of alkyl carbamates (subject to hydrolysis) is 1. The SMILES string of the molecule is CCNC(=NCCCn1nc(C)cc1C)NCCNC(=O)OC(C)(C)C. The first-order valence-electron chi connectivity index (χ1n) is 9.21. The normalized spacial score (nSPS) is 12.0. The summed E-state index contributed by atoms with van der Waals surface area (Å²) in [5.41, 5.74) is 1.72. The molecule has 0 saturated heterocycles. The maximum absolute atomic E-state index is 11.6. The fourth-order valence-electron chi connectivity index (χ4n) is 2.31. The Kier molecular flexibility index (Phi) is 8.95. The molecule has 0 aromatic carbocycles. The number of nitrogens with zero attached hydrogens (tertiary/aromatic N) is 3. The lowest BCUT2D eigenvalue weighted by molar-refractivity contribution is 0.0529. The molecule has 0 atom stereocenters. The van der Waals surface area contributed by atoms with E-state index >= 15 is 0 Å². The van der Waals surface area contributed by atoms with Gasteiger partial charge in [-0.25, -0.2) is 4.79 Å². The van der Waals surface area contributed by atoms with Gasteiger partial charge in [-0.3, -0.25) is 9.67 Å². The predicted molar refractivity (Wildman–Crippen MR) is 105 cm³/mol. The van der Waals surface area contributed by atoms with Gasteiger partial charge in [-0.15, -0.1) is 0 Å². The Bertz CT molecular complexity index is 589. The number of hydrogen-bond acceptors (Lipinski definition) is 4. The number of guanidine groups is 1. The van der Waals surface area contributed by atoms with E-state index in [0.717, 1.165) is 31.2 Å². The summed E-state index contributed by atoms with van der Waals surface area (Å²) < 4.78 is 7.20. The first kappa shape index (κ1) is 21.8. The zero-order valence-electron chi connectivity index (χ0n) is 17.0. The molecule has 3 N–H and O–H groups in total. The van der Waals surface area contributed by atoms with E-state index in [0.29, 0.717) is 19.6 Å². The Morgan fingerprint density at radius 1 is 1.23 bits per heavy atom. The van der Waals surface area contributed by atoms with Crippen LogP contribution in [0.1, 0.15) is 45.5 Å². The van der Waals surface area contributed by atoms with Gasteiger partial charge in [0.25, 0.3) is 0 Å². The van der Waals surface area contributed by atoms with Gasteiger partial charge >= 0.3 is 6.09 Å². The second-order valence-corrected chi connectivity index (χ2v) is 7.12. The summed E-state index contributed by atoms with van der Waals surface area (Å²) in [6, 6.07) is 2.08. The van der Waals surface area contributed by atoms with E-state index in [1.54, 1.807) is 0 Å². The van der Waals surface area contributed by atoms with Crippen LogP contribution in [-0.2, 0) is 11.3 Å². The summed E-state index contributed by atoms with van der Waals surface area (Å²) in [5, 5.41) is 13.6. The molecule has 1 aromatic rings. The number of amides is 1. The molecule has 1 rings (SSSR count). The molecular formula is C18H34N6O2. The molecule has 0 aliphatic heterocycles. The van der Waals surface area contributed by atoms with Crippen LogP contribution >= 0.6 is 0 Å². The second kappa shape index (κ2) is 10.7. The van der Waals surface area contributed by atoms with Crippen molar-refractivity contribution >= 4 is 12.1 Å². The topological polar surface area (TPSA) is 92.6 Å². The molecule has 0 fully saturated rings. The van der Waals surface area contributed by atoms with Crippen molar-refractivity contribution in [3.8, 4) is 0 Å². The molecular weight excluding hydrogens is 332 g/mol. The molecule has 1 aromatic heterocycles. The Balaban J connectivity index is 2.30. The smallest absolute Gasteiger partial charge is 0.407 e. The summed E-state index contributed by atoms with van der Waals surface area (Å²) in [6.07, 6.45) is 0.500. The number of aryl methyl sites for hydroxylation is 3. The van der Waals surface area contributed by atoms with Crippen molar-refractivity contribution in [3.05, 3.63) is 17.5 Å². The van der Waals surface area contributed by atoms with Gasteiger partial charge in [0.2, 0.25) is 0 Å². The van der Waals surface area contributed by atoms with Crippen molar-refractivity contribution in [1.29, 1.82) is 0 Å². The van der Waals surface area contributed by atoms with Gasteiger partial charge in [0.1, 0.15) is 5.60 Å². The van der Waals surface area contributed by atoms with E-state index in [1.165, 1.54) is 5.69 Å². The average Bonchev–Trinajstić information content (AvgIpc) is 2.83. The number of carbonyl (C=O) groups excluding carboxylic acids is 1. The molecule has 0 aliphatic carbocycles. The molecule has 0 unspecified atom stereocenters. The van der Waals surface area contributed by atoms with Gasteiger partial charge in [0, 0.05) is 38.4 Å². The highest BCUT2D eigenvalue weighted by molar-refractivity contribution is 5.79. The summed E-state index contributed by atoms with van der Waals surface area (Å²) >= 11 is 0. The van der Waals surface area contributed by atoms with E-state index in [9.17, 15) is 4.79 Å². The van der Waals surface area contributed by atoms with E-state index in [1.807, 2.05) is 39.3 Å². The Labute approximate surface area is 156 Å². The zero-order chi connectivity index (χ0) is 19.6. The largest absolute Gasteiger partial charge is 0.444 e. The molecule has 0 aliphatic rings. The molecule has 148 valence electrons. The molecule has 1 amide bonds. The highest BCUT2D eigenvalue weighted by Crippen LogP contribution is 2.06. The fourth-order valence-corrected chi connectivity index (χ4v) is 2.31. The van der Waals surface area contributed by atoms with Crippen LogP contribution in [0.15, 0.2) is 11.1 Å². The minimum Gasteiger partial charge on any atom is -0.444 e. The van der Waals surface area contributed by atoms with E-state index in [2.05, 4.69) is 39.0 Å². The maximum Gasteiger partial charge on any atom is 0.407 e. The predicted octanol–water partition coefficient (Wildman–Crippen LogP) is 1.97. The minimum absolute atomic E-state index is 0.411. The van der Waals surface area contributed by atoms with Crippen molar-refractivity contribution in [2.75, 3.05) is 26.2 Å². The van der Waals surface area contributed by atoms with Gasteiger partial charge < -0.3 is 20.7 Å². The molecule has 8 nitrogen and oxygen atoms in total.